The molecule has 1 aliphatic rings. The normalized spacial score (nSPS) is 17.2. The van der Waals surface area contributed by atoms with E-state index in [1.807, 2.05) is 29.5 Å². The van der Waals surface area contributed by atoms with Crippen LogP contribution < -0.4 is 10.4 Å². The molecular weight excluding hydrogens is 522 g/mol. The molecule has 1 aliphatic heterocycles. The fraction of sp³-hybridized carbons (Fsp3) is 0.318. The van der Waals surface area contributed by atoms with Crippen LogP contribution in [0.25, 0.3) is 0 Å². The smallest absolute Gasteiger partial charge is 0.237 e. The van der Waals surface area contributed by atoms with Gasteiger partial charge in [0.05, 0.1) is 24.8 Å². The van der Waals surface area contributed by atoms with Crippen LogP contribution in [-0.4, -0.2) is 46.7 Å². The van der Waals surface area contributed by atoms with Gasteiger partial charge in [0, 0.05) is 31.0 Å². The molecule has 31 heavy (non-hydrogen) atoms. The highest BCUT2D eigenvalue weighted by molar-refractivity contribution is 14.1. The van der Waals surface area contributed by atoms with E-state index in [-0.39, 0.29) is 6.04 Å². The highest BCUT2D eigenvalue weighted by atomic mass is 127. The number of anilines is 1. The first-order valence-corrected chi connectivity index (χ1v) is 13.3. The number of nitrogens with zero attached hydrogens (tertiary/aromatic N) is 3. The number of aromatic nitrogens is 2. The summed E-state index contributed by atoms with van der Waals surface area (Å²) in [6.45, 7) is 1.66. The molecule has 0 fully saturated rings. The van der Waals surface area contributed by atoms with E-state index in [0.29, 0.717) is 19.6 Å². The number of rotatable bonds is 7. The van der Waals surface area contributed by atoms with E-state index in [1.165, 1.54) is 11.8 Å². The molecule has 9 heteroatoms. The van der Waals surface area contributed by atoms with E-state index in [0.717, 1.165) is 35.2 Å². The third kappa shape index (κ3) is 5.50. The zero-order valence-corrected chi connectivity index (χ0v) is 20.4. The average molecular weight is 547 g/mol. The minimum atomic E-state index is -3.38. The summed E-state index contributed by atoms with van der Waals surface area (Å²) >= 11 is 2.22. The highest BCUT2D eigenvalue weighted by Gasteiger charge is 2.33. The third-order valence-corrected chi connectivity index (χ3v) is 7.68. The SMILES string of the molecule is CS(=O)(=O)N1Cc2cc([B]I)ccc2N(Cc2cnc[nH]2)CC1CCc1ccccc1. The zero-order chi connectivity index (χ0) is 21.8. The summed E-state index contributed by atoms with van der Waals surface area (Å²) in [4.78, 5) is 9.61. The Morgan fingerprint density at radius 3 is 2.71 bits per heavy atom. The standard InChI is InChI=1S/C22H25BIN4O2S/c1-31(29,30)28-13-18-11-19(23-24)8-10-22(18)27(14-20-12-25-16-26-20)15-21(28)9-7-17-5-3-2-4-6-17/h2-6,8,10-12,16,21H,7,9,13-15H2,1H3,(H,25,26). The molecule has 6 nitrogen and oxygen atoms in total. The molecule has 1 atom stereocenters. The van der Waals surface area contributed by atoms with Crippen molar-refractivity contribution in [3.63, 3.8) is 0 Å². The molecule has 4 rings (SSSR count). The maximum Gasteiger partial charge on any atom is 0.237 e. The van der Waals surface area contributed by atoms with Crippen LogP contribution in [-0.2, 0) is 29.5 Å². The van der Waals surface area contributed by atoms with Gasteiger partial charge in [-0.05, 0) is 30.0 Å². The van der Waals surface area contributed by atoms with Crippen LogP contribution in [0.5, 0.6) is 0 Å². The van der Waals surface area contributed by atoms with Gasteiger partial charge < -0.3 is 9.88 Å². The van der Waals surface area contributed by atoms with Crippen molar-refractivity contribution in [2.45, 2.75) is 32.0 Å². The molecule has 161 valence electrons. The molecule has 0 bridgehead atoms. The van der Waals surface area contributed by atoms with Gasteiger partial charge in [-0.15, -0.1) is 0 Å². The van der Waals surface area contributed by atoms with Crippen LogP contribution in [0.1, 0.15) is 23.2 Å². The van der Waals surface area contributed by atoms with Crippen molar-refractivity contribution in [2.24, 2.45) is 0 Å². The number of imidazole rings is 1. The molecule has 1 unspecified atom stereocenters. The predicted molar refractivity (Wildman–Crippen MR) is 134 cm³/mol. The van der Waals surface area contributed by atoms with Gasteiger partial charge in [0.2, 0.25) is 15.2 Å². The lowest BCUT2D eigenvalue weighted by molar-refractivity contribution is 0.307. The summed E-state index contributed by atoms with van der Waals surface area (Å²) in [7, 11) is -3.38. The van der Waals surface area contributed by atoms with Crippen molar-refractivity contribution in [1.82, 2.24) is 14.3 Å². The second kappa shape index (κ2) is 9.75. The van der Waals surface area contributed by atoms with Gasteiger partial charge in [-0.3, -0.25) is 0 Å². The Morgan fingerprint density at radius 1 is 1.23 bits per heavy atom. The number of sulfonamides is 1. The first-order valence-electron chi connectivity index (χ1n) is 10.2. The van der Waals surface area contributed by atoms with Crippen LogP contribution in [0.15, 0.2) is 61.1 Å². The van der Waals surface area contributed by atoms with Gasteiger partial charge in [0.25, 0.3) is 0 Å². The highest BCUT2D eigenvalue weighted by Crippen LogP contribution is 2.30. The lowest BCUT2D eigenvalue weighted by Gasteiger charge is -2.31. The maximum absolute atomic E-state index is 12.8. The Hall–Kier alpha value is -1.85. The average Bonchev–Trinajstić information content (AvgIpc) is 3.21. The minimum absolute atomic E-state index is 0.127. The lowest BCUT2D eigenvalue weighted by Crippen LogP contribution is -2.44. The molecule has 1 N–H and O–H groups in total. The summed E-state index contributed by atoms with van der Waals surface area (Å²) < 4.78 is 27.3. The van der Waals surface area contributed by atoms with Crippen LogP contribution in [0.3, 0.4) is 0 Å². The lowest BCUT2D eigenvalue weighted by atomic mass is 9.93. The summed E-state index contributed by atoms with van der Waals surface area (Å²) in [5.74, 6) is 0. The van der Waals surface area contributed by atoms with Crippen LogP contribution >= 0.6 is 22.4 Å². The number of halogens is 1. The Kier molecular flexibility index (Phi) is 7.03. The number of fused-ring (bicyclic) bond motifs is 1. The Labute approximate surface area is 198 Å². The van der Waals surface area contributed by atoms with E-state index in [9.17, 15) is 8.42 Å². The number of nitrogens with one attached hydrogen (secondary N) is 1. The van der Waals surface area contributed by atoms with E-state index >= 15 is 0 Å². The van der Waals surface area contributed by atoms with Crippen molar-refractivity contribution in [3.05, 3.63) is 77.9 Å². The van der Waals surface area contributed by atoms with E-state index < -0.39 is 10.0 Å². The first kappa shape index (κ1) is 22.4. The largest absolute Gasteiger partial charge is 0.364 e. The number of aromatic amines is 1. The maximum atomic E-state index is 12.8. The van der Waals surface area contributed by atoms with Crippen molar-refractivity contribution < 1.29 is 8.42 Å². The van der Waals surface area contributed by atoms with Crippen molar-refractivity contribution >= 4 is 48.7 Å². The molecule has 0 saturated carbocycles. The summed E-state index contributed by atoms with van der Waals surface area (Å²) in [6.07, 6.45) is 6.41. The van der Waals surface area contributed by atoms with Gasteiger partial charge in [0.1, 0.15) is 0 Å². The zero-order valence-electron chi connectivity index (χ0n) is 17.4. The quantitative estimate of drug-likeness (QED) is 0.365. The molecule has 1 radical (unpaired) electrons. The van der Waals surface area contributed by atoms with Crippen molar-refractivity contribution in [1.29, 1.82) is 0 Å². The minimum Gasteiger partial charge on any atom is -0.364 e. The number of hydrogen-bond acceptors (Lipinski definition) is 4. The summed E-state index contributed by atoms with van der Waals surface area (Å²) in [5, 5.41) is 2.01. The molecule has 3 aromatic rings. The monoisotopic (exact) mass is 547 g/mol. The second-order valence-corrected chi connectivity index (χ2v) is 10.5. The number of hydrogen-bond donors (Lipinski definition) is 1. The number of H-pyrrole nitrogens is 1. The topological polar surface area (TPSA) is 69.3 Å². The van der Waals surface area contributed by atoms with Gasteiger partial charge in [0.15, 0.2) is 0 Å². The molecule has 0 aliphatic carbocycles. The fourth-order valence-electron chi connectivity index (χ4n) is 4.18. The van der Waals surface area contributed by atoms with Crippen LogP contribution in [0.4, 0.5) is 5.69 Å². The van der Waals surface area contributed by atoms with E-state index in [4.69, 9.17) is 0 Å². The van der Waals surface area contributed by atoms with Crippen molar-refractivity contribution in [2.75, 3.05) is 17.7 Å². The Morgan fingerprint density at radius 2 is 2.03 bits per heavy atom. The number of benzene rings is 2. The van der Waals surface area contributed by atoms with Crippen LogP contribution in [0.2, 0.25) is 0 Å². The molecule has 0 amide bonds. The van der Waals surface area contributed by atoms with Gasteiger partial charge in [-0.2, -0.15) is 26.7 Å². The summed E-state index contributed by atoms with van der Waals surface area (Å²) in [5.41, 5.74) is 5.41. The van der Waals surface area contributed by atoms with E-state index in [1.54, 1.807) is 10.6 Å². The molecule has 0 saturated heterocycles. The number of aryl methyl sites for hydroxylation is 1. The second-order valence-electron chi connectivity index (χ2n) is 7.94. The van der Waals surface area contributed by atoms with Gasteiger partial charge in [-0.1, -0.05) is 47.9 Å². The first-order chi connectivity index (χ1) is 14.9. The van der Waals surface area contributed by atoms with E-state index in [2.05, 4.69) is 67.6 Å². The summed E-state index contributed by atoms with van der Waals surface area (Å²) in [6, 6.07) is 16.4. The fourth-order valence-corrected chi connectivity index (χ4v) is 5.65. The van der Waals surface area contributed by atoms with Gasteiger partial charge in [-0.25, -0.2) is 13.4 Å². The molecule has 0 spiro atoms. The molecule has 1 aromatic heterocycles. The van der Waals surface area contributed by atoms with Crippen molar-refractivity contribution in [3.8, 4) is 0 Å². The van der Waals surface area contributed by atoms with Crippen LogP contribution in [0, 0.1) is 0 Å². The molecular formula is C22H25BIN4O2S. The molecule has 2 aromatic carbocycles. The molecule has 2 heterocycles. The Bertz CT molecular complexity index is 1110. The van der Waals surface area contributed by atoms with Gasteiger partial charge >= 0.3 is 0 Å². The third-order valence-electron chi connectivity index (χ3n) is 5.69. The Balaban J connectivity index is 1.69. The predicted octanol–water partition coefficient (Wildman–Crippen LogP) is 2.87.